The molecule has 0 spiro atoms. The van der Waals surface area contributed by atoms with Crippen LogP contribution < -0.4 is 5.32 Å². The molecule has 1 saturated carbocycles. The van der Waals surface area contributed by atoms with Crippen molar-refractivity contribution in [1.29, 1.82) is 0 Å². The Morgan fingerprint density at radius 2 is 1.96 bits per heavy atom. The normalized spacial score (nSPS) is 25.1. The second kappa shape index (κ2) is 6.61. The van der Waals surface area contributed by atoms with E-state index in [1.807, 2.05) is 6.07 Å². The van der Waals surface area contributed by atoms with E-state index in [2.05, 4.69) is 12.2 Å². The van der Waals surface area contributed by atoms with Gasteiger partial charge in [-0.1, -0.05) is 25.5 Å². The topological polar surface area (TPSA) is 66.5 Å². The lowest BCUT2D eigenvalue weighted by Crippen LogP contribution is -2.35. The molecule has 1 aromatic rings. The number of piperidine rings is 1. The fourth-order valence-corrected chi connectivity index (χ4v) is 4.67. The summed E-state index contributed by atoms with van der Waals surface area (Å²) in [7, 11) is -3.42. The number of hydrogen-bond acceptors (Lipinski definition) is 3. The summed E-state index contributed by atoms with van der Waals surface area (Å²) in [4.78, 5) is 12.2. The Labute approximate surface area is 138 Å². The number of benzene rings is 1. The van der Waals surface area contributed by atoms with Crippen molar-refractivity contribution < 1.29 is 13.2 Å². The number of nitrogens with zero attached hydrogens (tertiary/aromatic N) is 1. The van der Waals surface area contributed by atoms with Gasteiger partial charge in [-0.25, -0.2) is 8.42 Å². The number of carbonyl (C=O) groups excluding carboxylic acids is 1. The number of sulfonamides is 1. The van der Waals surface area contributed by atoms with Crippen LogP contribution in [-0.4, -0.2) is 31.7 Å². The lowest BCUT2D eigenvalue weighted by atomic mass is 10.2. The molecular formula is C17H24N2O3S. The highest BCUT2D eigenvalue weighted by atomic mass is 32.2. The van der Waals surface area contributed by atoms with Gasteiger partial charge in [0.1, 0.15) is 0 Å². The highest BCUT2D eigenvalue weighted by molar-refractivity contribution is 7.89. The van der Waals surface area contributed by atoms with Gasteiger partial charge in [0.05, 0.1) is 4.90 Å². The highest BCUT2D eigenvalue weighted by Crippen LogP contribution is 2.37. The van der Waals surface area contributed by atoms with Crippen LogP contribution in [0.15, 0.2) is 29.2 Å². The molecule has 23 heavy (non-hydrogen) atoms. The van der Waals surface area contributed by atoms with Gasteiger partial charge in [0.15, 0.2) is 0 Å². The van der Waals surface area contributed by atoms with E-state index >= 15 is 0 Å². The minimum Gasteiger partial charge on any atom is -0.352 e. The zero-order chi connectivity index (χ0) is 16.4. The zero-order valence-electron chi connectivity index (χ0n) is 13.5. The number of amides is 1. The molecule has 0 unspecified atom stereocenters. The molecule has 1 saturated heterocycles. The van der Waals surface area contributed by atoms with Crippen molar-refractivity contribution in [3.05, 3.63) is 29.8 Å². The third-order valence-electron chi connectivity index (χ3n) is 4.76. The summed E-state index contributed by atoms with van der Waals surface area (Å²) < 4.78 is 26.9. The van der Waals surface area contributed by atoms with Gasteiger partial charge in [-0.2, -0.15) is 4.31 Å². The van der Waals surface area contributed by atoms with Crippen LogP contribution >= 0.6 is 0 Å². The summed E-state index contributed by atoms with van der Waals surface area (Å²) in [6.45, 7) is 3.65. The monoisotopic (exact) mass is 336 g/mol. The maximum atomic E-state index is 12.7. The molecule has 1 aliphatic heterocycles. The second-order valence-electron chi connectivity index (χ2n) is 6.65. The Morgan fingerprint density at radius 3 is 2.61 bits per heavy atom. The Kier molecular flexibility index (Phi) is 4.73. The summed E-state index contributed by atoms with van der Waals surface area (Å²) >= 11 is 0. The standard InChI is InChI=1S/C17H24N2O3S/c1-13-10-16(13)17(20)18-12-14-6-5-7-15(11-14)23(21,22)19-8-3-2-4-9-19/h5-7,11,13,16H,2-4,8-10,12H2,1H3,(H,18,20)/t13-,16+/m0/s1. The SMILES string of the molecule is C[C@H]1C[C@H]1C(=O)NCc1cccc(S(=O)(=O)N2CCCCC2)c1. The Balaban J connectivity index is 1.67. The van der Waals surface area contributed by atoms with Crippen LogP contribution in [0.5, 0.6) is 0 Å². The third kappa shape index (κ3) is 3.75. The van der Waals surface area contributed by atoms with E-state index in [1.165, 1.54) is 0 Å². The zero-order valence-corrected chi connectivity index (χ0v) is 14.3. The number of hydrogen-bond donors (Lipinski definition) is 1. The molecule has 2 atom stereocenters. The smallest absolute Gasteiger partial charge is 0.243 e. The fourth-order valence-electron chi connectivity index (χ4n) is 3.08. The molecule has 5 nitrogen and oxygen atoms in total. The molecule has 1 amide bonds. The van der Waals surface area contributed by atoms with E-state index in [4.69, 9.17) is 0 Å². The molecule has 1 N–H and O–H groups in total. The lowest BCUT2D eigenvalue weighted by molar-refractivity contribution is -0.122. The molecule has 0 radical (unpaired) electrons. The van der Waals surface area contributed by atoms with Crippen molar-refractivity contribution in [3.63, 3.8) is 0 Å². The minimum atomic E-state index is -3.42. The second-order valence-corrected chi connectivity index (χ2v) is 8.59. The maximum Gasteiger partial charge on any atom is 0.243 e. The molecule has 1 aromatic carbocycles. The summed E-state index contributed by atoms with van der Waals surface area (Å²) in [6.07, 6.45) is 3.90. The average Bonchev–Trinajstić information content (AvgIpc) is 3.31. The third-order valence-corrected chi connectivity index (χ3v) is 6.66. The fraction of sp³-hybridized carbons (Fsp3) is 0.588. The number of nitrogens with one attached hydrogen (secondary N) is 1. The molecule has 0 aromatic heterocycles. The molecule has 2 fully saturated rings. The van der Waals surface area contributed by atoms with Crippen LogP contribution in [0.4, 0.5) is 0 Å². The van der Waals surface area contributed by atoms with Gasteiger partial charge in [0.25, 0.3) is 0 Å². The van der Waals surface area contributed by atoms with Crippen molar-refractivity contribution in [2.45, 2.75) is 44.0 Å². The van der Waals surface area contributed by atoms with Gasteiger partial charge in [0, 0.05) is 25.6 Å². The summed E-state index contributed by atoms with van der Waals surface area (Å²) in [6, 6.07) is 6.92. The largest absolute Gasteiger partial charge is 0.352 e. The lowest BCUT2D eigenvalue weighted by Gasteiger charge is -2.26. The van der Waals surface area contributed by atoms with Gasteiger partial charge in [-0.3, -0.25) is 4.79 Å². The van der Waals surface area contributed by atoms with E-state index < -0.39 is 10.0 Å². The Hall–Kier alpha value is -1.40. The molecule has 6 heteroatoms. The molecule has 0 bridgehead atoms. The molecule has 3 rings (SSSR count). The summed E-state index contributed by atoms with van der Waals surface area (Å²) in [5.74, 6) is 0.679. The number of carbonyl (C=O) groups is 1. The van der Waals surface area contributed by atoms with E-state index in [9.17, 15) is 13.2 Å². The predicted octanol–water partition coefficient (Wildman–Crippen LogP) is 2.13. The van der Waals surface area contributed by atoms with Crippen molar-refractivity contribution in [2.24, 2.45) is 11.8 Å². The first-order valence-electron chi connectivity index (χ1n) is 8.35. The first-order chi connectivity index (χ1) is 11.0. The quantitative estimate of drug-likeness (QED) is 0.896. The first-order valence-corrected chi connectivity index (χ1v) is 9.79. The van der Waals surface area contributed by atoms with Crippen LogP contribution in [0.1, 0.15) is 38.2 Å². The summed E-state index contributed by atoms with van der Waals surface area (Å²) in [5.41, 5.74) is 0.824. The van der Waals surface area contributed by atoms with E-state index in [0.717, 1.165) is 31.2 Å². The Morgan fingerprint density at radius 1 is 1.26 bits per heavy atom. The van der Waals surface area contributed by atoms with Gasteiger partial charge in [-0.15, -0.1) is 0 Å². The molecular weight excluding hydrogens is 312 g/mol. The van der Waals surface area contributed by atoms with Crippen molar-refractivity contribution in [1.82, 2.24) is 9.62 Å². The maximum absolute atomic E-state index is 12.7. The summed E-state index contributed by atoms with van der Waals surface area (Å²) in [5, 5.41) is 2.90. The van der Waals surface area contributed by atoms with Crippen molar-refractivity contribution >= 4 is 15.9 Å². The van der Waals surface area contributed by atoms with Crippen molar-refractivity contribution in [2.75, 3.05) is 13.1 Å². The Bertz CT molecular complexity index is 681. The van der Waals surface area contributed by atoms with E-state index in [-0.39, 0.29) is 11.8 Å². The van der Waals surface area contributed by atoms with E-state index in [1.54, 1.807) is 22.5 Å². The first kappa shape index (κ1) is 16.5. The van der Waals surface area contributed by atoms with Gasteiger partial charge >= 0.3 is 0 Å². The molecule has 126 valence electrons. The van der Waals surface area contributed by atoms with Gasteiger partial charge in [-0.05, 0) is 42.9 Å². The van der Waals surface area contributed by atoms with Crippen LogP contribution in [0.25, 0.3) is 0 Å². The van der Waals surface area contributed by atoms with Crippen LogP contribution in [-0.2, 0) is 21.4 Å². The van der Waals surface area contributed by atoms with Crippen molar-refractivity contribution in [3.8, 4) is 0 Å². The molecule has 2 aliphatic rings. The molecule has 1 heterocycles. The van der Waals surface area contributed by atoms with Crippen LogP contribution in [0, 0.1) is 11.8 Å². The predicted molar refractivity (Wildman–Crippen MR) is 88.2 cm³/mol. The van der Waals surface area contributed by atoms with Crippen LogP contribution in [0.3, 0.4) is 0 Å². The van der Waals surface area contributed by atoms with Gasteiger partial charge < -0.3 is 5.32 Å². The average molecular weight is 336 g/mol. The highest BCUT2D eigenvalue weighted by Gasteiger charge is 2.38. The molecule has 1 aliphatic carbocycles. The minimum absolute atomic E-state index is 0.0711. The van der Waals surface area contributed by atoms with Crippen LogP contribution in [0.2, 0.25) is 0 Å². The van der Waals surface area contributed by atoms with Gasteiger partial charge in [0.2, 0.25) is 15.9 Å². The van der Waals surface area contributed by atoms with E-state index in [0.29, 0.717) is 30.4 Å². The number of rotatable bonds is 5.